The molecule has 8 heteroatoms. The minimum Gasteiger partial charge on any atom is -0.391 e. The van der Waals surface area contributed by atoms with Crippen molar-refractivity contribution in [2.75, 3.05) is 13.1 Å². The van der Waals surface area contributed by atoms with E-state index in [1.54, 1.807) is 9.47 Å². The molecule has 1 atom stereocenters. The first-order chi connectivity index (χ1) is 17.3. The van der Waals surface area contributed by atoms with Gasteiger partial charge in [0.25, 0.3) is 11.5 Å². The highest BCUT2D eigenvalue weighted by atomic mass is 32.1. The molecule has 1 amide bonds. The Labute approximate surface area is 213 Å². The number of hydrogen-bond acceptors (Lipinski definition) is 5. The van der Waals surface area contributed by atoms with Crippen LogP contribution in [0.5, 0.6) is 0 Å². The van der Waals surface area contributed by atoms with Crippen molar-refractivity contribution in [2.45, 2.75) is 45.8 Å². The number of amides is 1. The predicted octanol–water partition coefficient (Wildman–Crippen LogP) is 3.76. The van der Waals surface area contributed by atoms with E-state index in [4.69, 9.17) is 0 Å². The van der Waals surface area contributed by atoms with Crippen molar-refractivity contribution in [1.82, 2.24) is 14.0 Å². The maximum absolute atomic E-state index is 14.0. The van der Waals surface area contributed by atoms with Gasteiger partial charge in [0, 0.05) is 38.0 Å². The van der Waals surface area contributed by atoms with E-state index < -0.39 is 11.7 Å². The molecule has 0 radical (unpaired) electrons. The van der Waals surface area contributed by atoms with Crippen molar-refractivity contribution < 1.29 is 9.90 Å². The number of aromatic nitrogens is 2. The maximum atomic E-state index is 14.0. The Balaban J connectivity index is 1.76. The van der Waals surface area contributed by atoms with Crippen LogP contribution in [0.15, 0.2) is 52.1 Å². The number of nitrogens with zero attached hydrogens (tertiary/aromatic N) is 3. The van der Waals surface area contributed by atoms with Crippen molar-refractivity contribution >= 4 is 38.2 Å². The molecular formula is C28H31N3O4S. The molecule has 1 aliphatic heterocycles. The van der Waals surface area contributed by atoms with Gasteiger partial charge < -0.3 is 10.0 Å². The van der Waals surface area contributed by atoms with Gasteiger partial charge in [0.2, 0.25) is 0 Å². The Morgan fingerprint density at radius 2 is 1.89 bits per heavy atom. The highest BCUT2D eigenvalue weighted by Crippen LogP contribution is 2.34. The minimum absolute atomic E-state index is 0.184. The summed E-state index contributed by atoms with van der Waals surface area (Å²) in [5.41, 5.74) is 0.611. The molecule has 188 valence electrons. The van der Waals surface area contributed by atoms with Gasteiger partial charge in [0.15, 0.2) is 0 Å². The molecule has 36 heavy (non-hydrogen) atoms. The molecule has 2 aromatic heterocycles. The largest absolute Gasteiger partial charge is 0.391 e. The number of aliphatic hydroxyl groups excluding tert-OH is 1. The lowest BCUT2D eigenvalue weighted by molar-refractivity contribution is 0.0475. The van der Waals surface area contributed by atoms with Gasteiger partial charge in [-0.25, -0.2) is 4.79 Å². The fraction of sp³-hybridized carbons (Fsp3) is 0.393. The first-order valence-corrected chi connectivity index (χ1v) is 13.3. The number of hydrogen-bond donors (Lipinski definition) is 1. The Hall–Kier alpha value is -3.23. The van der Waals surface area contributed by atoms with Crippen molar-refractivity contribution in [2.24, 2.45) is 13.0 Å². The SMILES string of the molecule is CC(C)Cn1c(=O)n(C)c(=O)c2c(C(=O)N3CCCC(O)C3)c(Cc3cccc4ccccc34)sc21. The topological polar surface area (TPSA) is 84.5 Å². The van der Waals surface area contributed by atoms with Gasteiger partial charge in [-0.05, 0) is 35.1 Å². The van der Waals surface area contributed by atoms with E-state index in [9.17, 15) is 19.5 Å². The standard InChI is InChI=1S/C28H31N3O4S/c1-17(2)15-31-27-24(25(33)29(3)28(31)35)23(26(34)30-13-7-11-20(32)16-30)22(36-27)14-19-10-6-9-18-8-4-5-12-21(18)19/h4-6,8-10,12,17,20,32H,7,11,13-16H2,1-3H3. The molecule has 0 spiro atoms. The summed E-state index contributed by atoms with van der Waals surface area (Å²) in [6, 6.07) is 14.2. The van der Waals surface area contributed by atoms with Gasteiger partial charge in [-0.2, -0.15) is 0 Å². The van der Waals surface area contributed by atoms with Gasteiger partial charge in [-0.3, -0.25) is 18.7 Å². The lowest BCUT2D eigenvalue weighted by Gasteiger charge is -2.30. The zero-order valence-electron chi connectivity index (χ0n) is 20.9. The number of piperidine rings is 1. The molecule has 1 aliphatic rings. The van der Waals surface area contributed by atoms with Crippen molar-refractivity contribution in [1.29, 1.82) is 0 Å². The number of aliphatic hydroxyl groups is 1. The first kappa shape index (κ1) is 24.5. The molecule has 4 aromatic rings. The average Bonchev–Trinajstić information content (AvgIpc) is 3.24. The Kier molecular flexibility index (Phi) is 6.57. The first-order valence-electron chi connectivity index (χ1n) is 12.5. The predicted molar refractivity (Wildman–Crippen MR) is 144 cm³/mol. The minimum atomic E-state index is -0.573. The number of carbonyl (C=O) groups excluding carboxylic acids is 1. The van der Waals surface area contributed by atoms with Crippen LogP contribution in [0, 0.1) is 5.92 Å². The molecule has 5 rings (SSSR count). The quantitative estimate of drug-likeness (QED) is 0.448. The summed E-state index contributed by atoms with van der Waals surface area (Å²) in [5, 5.41) is 12.7. The molecule has 0 aliphatic carbocycles. The Morgan fingerprint density at radius 3 is 2.64 bits per heavy atom. The molecule has 7 nitrogen and oxygen atoms in total. The highest BCUT2D eigenvalue weighted by Gasteiger charge is 2.31. The second-order valence-corrected chi connectivity index (χ2v) is 11.2. The van der Waals surface area contributed by atoms with Crippen LogP contribution in [0.3, 0.4) is 0 Å². The normalized spacial score (nSPS) is 16.4. The summed E-state index contributed by atoms with van der Waals surface area (Å²) in [4.78, 5) is 43.5. The fourth-order valence-corrected chi connectivity index (χ4v) is 6.48. The maximum Gasteiger partial charge on any atom is 0.331 e. The molecule has 1 N–H and O–H groups in total. The van der Waals surface area contributed by atoms with Crippen LogP contribution in [-0.2, 0) is 20.0 Å². The van der Waals surface area contributed by atoms with Crippen LogP contribution in [-0.4, -0.2) is 44.2 Å². The van der Waals surface area contributed by atoms with Crippen molar-refractivity contribution in [3.8, 4) is 0 Å². The third-order valence-corrected chi connectivity index (χ3v) is 8.13. The molecule has 1 saturated heterocycles. The molecule has 1 unspecified atom stereocenters. The highest BCUT2D eigenvalue weighted by molar-refractivity contribution is 7.19. The lowest BCUT2D eigenvalue weighted by Crippen LogP contribution is -2.43. The van der Waals surface area contributed by atoms with E-state index >= 15 is 0 Å². The average molecular weight is 506 g/mol. The zero-order chi connectivity index (χ0) is 25.6. The summed E-state index contributed by atoms with van der Waals surface area (Å²) < 4.78 is 2.75. The summed E-state index contributed by atoms with van der Waals surface area (Å²) in [6.07, 6.45) is 1.27. The van der Waals surface area contributed by atoms with Gasteiger partial charge in [-0.15, -0.1) is 11.3 Å². The van der Waals surface area contributed by atoms with Crippen LogP contribution in [0.4, 0.5) is 0 Å². The van der Waals surface area contributed by atoms with Crippen LogP contribution in [0.25, 0.3) is 21.0 Å². The number of fused-ring (bicyclic) bond motifs is 2. The number of carbonyl (C=O) groups is 1. The summed E-state index contributed by atoms with van der Waals surface area (Å²) in [5.74, 6) is -0.0644. The van der Waals surface area contributed by atoms with Crippen molar-refractivity contribution in [3.05, 3.63) is 79.3 Å². The van der Waals surface area contributed by atoms with Crippen LogP contribution in [0.2, 0.25) is 0 Å². The summed E-state index contributed by atoms with van der Waals surface area (Å²) >= 11 is 1.37. The fourth-order valence-electron chi connectivity index (χ4n) is 5.17. The number of rotatable bonds is 5. The summed E-state index contributed by atoms with van der Waals surface area (Å²) in [6.45, 7) is 5.28. The second kappa shape index (κ2) is 9.67. The Bertz CT molecular complexity index is 1570. The third kappa shape index (κ3) is 4.29. The van der Waals surface area contributed by atoms with E-state index in [0.29, 0.717) is 48.1 Å². The summed E-state index contributed by atoms with van der Waals surface area (Å²) in [7, 11) is 1.47. The Morgan fingerprint density at radius 1 is 1.14 bits per heavy atom. The van der Waals surface area contributed by atoms with Gasteiger partial charge >= 0.3 is 5.69 Å². The lowest BCUT2D eigenvalue weighted by atomic mass is 9.99. The van der Waals surface area contributed by atoms with Crippen LogP contribution < -0.4 is 11.2 Å². The van der Waals surface area contributed by atoms with E-state index in [1.165, 1.54) is 18.4 Å². The molecule has 1 fully saturated rings. The number of benzene rings is 2. The molecule has 0 saturated carbocycles. The monoisotopic (exact) mass is 505 g/mol. The smallest absolute Gasteiger partial charge is 0.331 e. The number of thiophene rings is 1. The van der Waals surface area contributed by atoms with E-state index in [1.807, 2.05) is 38.1 Å². The zero-order valence-corrected chi connectivity index (χ0v) is 21.7. The van der Waals surface area contributed by atoms with Crippen LogP contribution in [0.1, 0.15) is 47.5 Å². The van der Waals surface area contributed by atoms with Gasteiger partial charge in [-0.1, -0.05) is 56.3 Å². The van der Waals surface area contributed by atoms with E-state index in [0.717, 1.165) is 25.8 Å². The third-order valence-electron chi connectivity index (χ3n) is 6.92. The molecule has 3 heterocycles. The van der Waals surface area contributed by atoms with E-state index in [2.05, 4.69) is 18.2 Å². The molecule has 0 bridgehead atoms. The van der Waals surface area contributed by atoms with Crippen LogP contribution >= 0.6 is 11.3 Å². The molecule has 2 aromatic carbocycles. The van der Waals surface area contributed by atoms with E-state index in [-0.39, 0.29) is 24.1 Å². The number of likely N-dealkylation sites (tertiary alicyclic amines) is 1. The molecular weight excluding hydrogens is 474 g/mol. The number of β-amino-alcohol motifs (C(OH)–C–C–N with tert-alkyl or cyclic N) is 1. The second-order valence-electron chi connectivity index (χ2n) is 10.1. The van der Waals surface area contributed by atoms with Gasteiger partial charge in [0.1, 0.15) is 4.83 Å². The van der Waals surface area contributed by atoms with Gasteiger partial charge in [0.05, 0.1) is 17.1 Å². The van der Waals surface area contributed by atoms with Crippen molar-refractivity contribution in [3.63, 3.8) is 0 Å².